The van der Waals surface area contributed by atoms with E-state index in [0.717, 1.165) is 71.4 Å². The van der Waals surface area contributed by atoms with Gasteiger partial charge in [-0.15, -0.1) is 10.2 Å². The molecule has 2 saturated heterocycles. The molecule has 75 heavy (non-hydrogen) atoms. The van der Waals surface area contributed by atoms with E-state index < -0.39 is 11.2 Å². The van der Waals surface area contributed by atoms with Crippen molar-refractivity contribution in [3.05, 3.63) is 128 Å². The van der Waals surface area contributed by atoms with Crippen molar-refractivity contribution in [2.75, 3.05) is 31.6 Å². The van der Waals surface area contributed by atoms with Crippen molar-refractivity contribution in [1.82, 2.24) is 48.2 Å². The van der Waals surface area contributed by atoms with Crippen LogP contribution < -0.4 is 11.3 Å². The molecule has 11 rings (SSSR count). The lowest BCUT2D eigenvalue weighted by molar-refractivity contribution is -0.112. The Hall–Kier alpha value is -8.46. The number of piperidine rings is 2. The molecule has 2 atom stereocenters. The number of ether oxygens (including phenoxy) is 2. The molecule has 0 spiro atoms. The lowest BCUT2D eigenvalue weighted by atomic mass is 9.97. The van der Waals surface area contributed by atoms with Crippen LogP contribution in [0.4, 0.5) is 24.2 Å². The van der Waals surface area contributed by atoms with E-state index in [1.807, 2.05) is 85.3 Å². The molecule has 0 bridgehead atoms. The number of rotatable bonds is 7. The van der Waals surface area contributed by atoms with Gasteiger partial charge >= 0.3 is 23.9 Å². The summed E-state index contributed by atoms with van der Waals surface area (Å²) < 4.78 is 54.2. The first-order valence-corrected chi connectivity index (χ1v) is 24.6. The summed E-state index contributed by atoms with van der Waals surface area (Å²) >= 11 is 0. The quantitative estimate of drug-likeness (QED) is 0.0862. The van der Waals surface area contributed by atoms with Crippen LogP contribution in [-0.4, -0.2) is 104 Å². The van der Waals surface area contributed by atoms with Gasteiger partial charge in [-0.3, -0.25) is 13.2 Å². The molecule has 0 aliphatic carbocycles. The molecule has 3 N–H and O–H groups in total. The average molecular weight is 1030 g/mol. The largest absolute Gasteiger partial charge is 0.444 e. The molecule has 19 nitrogen and oxygen atoms in total. The van der Waals surface area contributed by atoms with Crippen LogP contribution in [0.15, 0.2) is 119 Å². The number of oxazole rings is 2. The Bertz CT molecular complexity index is 3420. The summed E-state index contributed by atoms with van der Waals surface area (Å²) in [4.78, 5) is 51.8. The van der Waals surface area contributed by atoms with Crippen molar-refractivity contribution < 1.29 is 41.5 Å². The van der Waals surface area contributed by atoms with Gasteiger partial charge in [0.1, 0.15) is 64.7 Å². The predicted octanol–water partition coefficient (Wildman–Crippen LogP) is 10.5. The van der Waals surface area contributed by atoms with Crippen molar-refractivity contribution in [3.63, 3.8) is 0 Å². The number of amides is 2. The second kappa shape index (κ2) is 21.6. The van der Waals surface area contributed by atoms with E-state index in [1.165, 1.54) is 24.3 Å². The lowest BCUT2D eigenvalue weighted by Crippen LogP contribution is -2.43. The van der Waals surface area contributed by atoms with E-state index in [4.69, 9.17) is 24.2 Å². The Morgan fingerprint density at radius 1 is 0.680 bits per heavy atom. The van der Waals surface area contributed by atoms with Crippen molar-refractivity contribution in [3.8, 4) is 45.0 Å². The van der Waals surface area contributed by atoms with Crippen molar-refractivity contribution in [2.24, 2.45) is 11.8 Å². The number of carbonyl (C=O) groups excluding carboxylic acids is 3. The van der Waals surface area contributed by atoms with Crippen LogP contribution >= 0.6 is 0 Å². The summed E-state index contributed by atoms with van der Waals surface area (Å²) in [5.41, 5.74) is 8.49. The van der Waals surface area contributed by atoms with E-state index in [1.54, 1.807) is 65.1 Å². The Kier molecular flexibility index (Phi) is 14.8. The smallest absolute Gasteiger partial charge is 0.410 e. The van der Waals surface area contributed by atoms with Gasteiger partial charge in [0.15, 0.2) is 5.65 Å². The lowest BCUT2D eigenvalue weighted by Gasteiger charge is -2.33. The van der Waals surface area contributed by atoms with E-state index in [2.05, 4.69) is 30.6 Å². The SMILES string of the molecule is CC(C)(C)OC(=O)N1CCCC(C=O)C1.CC(C)(C)OC(=O)N1CCCC(c2nnc3ccc(-c4c(-c5ccc(F)cc5)nc5occn45)cn23)C1.NNc1ccc(-c2c(-c3ccc(F)cc3)nc3occn23)cn1. The molecular formula is C54H58F2N12O7. The molecule has 390 valence electrons. The van der Waals surface area contributed by atoms with Crippen LogP contribution in [0.1, 0.15) is 79.0 Å². The topological polar surface area (TPSA) is 218 Å². The van der Waals surface area contributed by atoms with E-state index >= 15 is 0 Å². The Morgan fingerprint density at radius 2 is 1.20 bits per heavy atom. The van der Waals surface area contributed by atoms with Gasteiger partial charge in [-0.05, 0) is 140 Å². The van der Waals surface area contributed by atoms with Crippen molar-refractivity contribution in [1.29, 1.82) is 0 Å². The first-order chi connectivity index (χ1) is 35.9. The normalized spacial score (nSPS) is 16.0. The third-order valence-electron chi connectivity index (χ3n) is 12.4. The monoisotopic (exact) mass is 1020 g/mol. The standard InChI is InChI=1S/C27H27FN6O3.C16H12FN5O.C11H19NO3/c1-27(2,3)37-26(35)32-12-4-5-19(15-32)24-31-30-21-11-8-18(16-34(21)24)23-22(17-6-9-20(28)10-7-17)29-25-33(23)13-14-36-25;17-12-4-1-10(2-5-12)14-15(22-7-8-23-16(22)20-14)11-3-6-13(21-18)19-9-11;1-11(2,3)15-10(14)12-6-4-5-9(7-12)8-13/h6-11,13-14,16,19H,4-5,12,15H2,1-3H3;1-9H,18H2,(H,19,21);8-9H,4-7H2,1-3H3. The number of nitrogens with zero attached hydrogens (tertiary/aromatic N) is 10. The van der Waals surface area contributed by atoms with Crippen LogP contribution in [0.2, 0.25) is 0 Å². The summed E-state index contributed by atoms with van der Waals surface area (Å²) in [7, 11) is 0. The summed E-state index contributed by atoms with van der Waals surface area (Å²) in [6, 6.07) is 19.9. The number of fused-ring (bicyclic) bond motifs is 3. The van der Waals surface area contributed by atoms with E-state index in [0.29, 0.717) is 60.7 Å². The highest BCUT2D eigenvalue weighted by Gasteiger charge is 2.32. The van der Waals surface area contributed by atoms with E-state index in [-0.39, 0.29) is 35.7 Å². The van der Waals surface area contributed by atoms with Crippen molar-refractivity contribution in [2.45, 2.75) is 84.3 Å². The van der Waals surface area contributed by atoms with Crippen LogP contribution in [0.25, 0.3) is 62.4 Å². The molecule has 9 aromatic rings. The van der Waals surface area contributed by atoms with Crippen molar-refractivity contribution >= 4 is 41.6 Å². The molecule has 7 aromatic heterocycles. The van der Waals surface area contributed by atoms with Gasteiger partial charge in [-0.2, -0.15) is 9.97 Å². The zero-order valence-electron chi connectivity index (χ0n) is 42.4. The first-order valence-electron chi connectivity index (χ1n) is 24.6. The Balaban J connectivity index is 0.000000154. The first kappa shape index (κ1) is 51.4. The second-order valence-electron chi connectivity index (χ2n) is 20.3. The number of halogens is 2. The number of benzene rings is 2. The van der Waals surface area contributed by atoms with Crippen LogP contribution in [0.3, 0.4) is 0 Å². The van der Waals surface area contributed by atoms with Gasteiger partial charge in [0.2, 0.25) is 0 Å². The van der Waals surface area contributed by atoms with Gasteiger partial charge in [0.05, 0.1) is 11.4 Å². The molecule has 2 aliphatic rings. The number of aromatic nitrogens is 8. The molecule has 2 aliphatic heterocycles. The number of hydrazine groups is 1. The summed E-state index contributed by atoms with van der Waals surface area (Å²) in [5, 5.41) is 8.89. The number of imidazole rings is 2. The maximum atomic E-state index is 13.6. The molecule has 9 heterocycles. The fraction of sp³-hybridized carbons (Fsp3) is 0.333. The molecule has 0 saturated carbocycles. The number of pyridine rings is 2. The Morgan fingerprint density at radius 3 is 1.72 bits per heavy atom. The zero-order valence-corrected chi connectivity index (χ0v) is 42.4. The number of carbonyl (C=O) groups is 3. The van der Waals surface area contributed by atoms with Gasteiger partial charge in [0, 0.05) is 85.1 Å². The molecule has 21 heteroatoms. The predicted molar refractivity (Wildman–Crippen MR) is 275 cm³/mol. The van der Waals surface area contributed by atoms with E-state index in [9.17, 15) is 23.2 Å². The summed E-state index contributed by atoms with van der Waals surface area (Å²) in [5.74, 6) is 6.99. The number of nitrogens with one attached hydrogen (secondary N) is 1. The van der Waals surface area contributed by atoms with Gasteiger partial charge in [0.25, 0.3) is 0 Å². The fourth-order valence-corrected chi connectivity index (χ4v) is 8.98. The minimum Gasteiger partial charge on any atom is -0.444 e. The minimum atomic E-state index is -0.549. The third-order valence-corrected chi connectivity index (χ3v) is 12.4. The molecule has 2 fully saturated rings. The van der Waals surface area contributed by atoms with Gasteiger partial charge in [-0.25, -0.2) is 29.2 Å². The number of aldehydes is 1. The third kappa shape index (κ3) is 11.8. The minimum absolute atomic E-state index is 0.0162. The molecule has 0 radical (unpaired) electrons. The maximum Gasteiger partial charge on any atom is 0.410 e. The molecular weight excluding hydrogens is 967 g/mol. The highest BCUT2D eigenvalue weighted by molar-refractivity contribution is 5.82. The van der Waals surface area contributed by atoms with Gasteiger partial charge < -0.3 is 38.3 Å². The molecule has 2 unspecified atom stereocenters. The fourth-order valence-electron chi connectivity index (χ4n) is 8.98. The number of nitrogen functional groups attached to an aromatic ring is 1. The highest BCUT2D eigenvalue weighted by atomic mass is 19.1. The number of likely N-dealkylation sites (tertiary alicyclic amines) is 2. The number of nitrogens with two attached hydrogens (primary N) is 1. The second-order valence-corrected chi connectivity index (χ2v) is 20.3. The highest BCUT2D eigenvalue weighted by Crippen LogP contribution is 2.36. The van der Waals surface area contributed by atoms with Crippen LogP contribution in [0.5, 0.6) is 0 Å². The average Bonchev–Trinajstić information content (AvgIpc) is 4.25. The molecule has 2 aromatic carbocycles. The van der Waals surface area contributed by atoms with Crippen LogP contribution in [-0.2, 0) is 14.3 Å². The zero-order chi connectivity index (χ0) is 53.0. The number of anilines is 1. The van der Waals surface area contributed by atoms with Crippen LogP contribution in [0, 0.1) is 17.6 Å². The summed E-state index contributed by atoms with van der Waals surface area (Å²) in [6.07, 6.45) is 14.2. The molecule has 2 amide bonds. The summed E-state index contributed by atoms with van der Waals surface area (Å²) in [6.45, 7) is 13.5. The Labute approximate surface area is 430 Å². The van der Waals surface area contributed by atoms with Gasteiger partial charge in [-0.1, -0.05) is 0 Å². The maximum absolute atomic E-state index is 13.6. The number of hydrogen-bond acceptors (Lipinski definition) is 14. The number of hydrogen-bond donors (Lipinski definition) is 2.